The van der Waals surface area contributed by atoms with E-state index in [9.17, 15) is 14.4 Å². The van der Waals surface area contributed by atoms with E-state index in [1.165, 1.54) is 0 Å². The van der Waals surface area contributed by atoms with Gasteiger partial charge in [0.15, 0.2) is 11.5 Å². The number of benzene rings is 2. The molecule has 2 amide bonds. The van der Waals surface area contributed by atoms with E-state index in [0.29, 0.717) is 47.5 Å². The Labute approximate surface area is 190 Å². The van der Waals surface area contributed by atoms with Gasteiger partial charge < -0.3 is 24.3 Å². The molecule has 0 spiro atoms. The van der Waals surface area contributed by atoms with Gasteiger partial charge in [0.25, 0.3) is 5.56 Å². The first-order valence-electron chi connectivity index (χ1n) is 11.2. The van der Waals surface area contributed by atoms with E-state index >= 15 is 0 Å². The van der Waals surface area contributed by atoms with Gasteiger partial charge in [-0.2, -0.15) is 0 Å². The molecule has 0 bridgehead atoms. The fourth-order valence-electron chi connectivity index (χ4n) is 4.41. The second-order valence-electron chi connectivity index (χ2n) is 8.33. The molecule has 2 aliphatic rings. The van der Waals surface area contributed by atoms with Crippen LogP contribution in [0.3, 0.4) is 0 Å². The summed E-state index contributed by atoms with van der Waals surface area (Å²) >= 11 is 0. The highest BCUT2D eigenvalue weighted by Crippen LogP contribution is 2.32. The Morgan fingerprint density at radius 1 is 1.00 bits per heavy atom. The van der Waals surface area contributed by atoms with Crippen molar-refractivity contribution in [3.8, 4) is 11.5 Å². The molecule has 2 aromatic carbocycles. The van der Waals surface area contributed by atoms with Crippen LogP contribution < -0.4 is 20.3 Å². The number of pyridine rings is 1. The van der Waals surface area contributed by atoms with Gasteiger partial charge in [0.2, 0.25) is 18.6 Å². The average molecular weight is 447 g/mol. The molecule has 3 heterocycles. The van der Waals surface area contributed by atoms with Crippen molar-refractivity contribution in [2.24, 2.45) is 0 Å². The van der Waals surface area contributed by atoms with Crippen molar-refractivity contribution in [3.63, 3.8) is 0 Å². The summed E-state index contributed by atoms with van der Waals surface area (Å²) in [5.41, 5.74) is 1.31. The Hall–Kier alpha value is -3.81. The van der Waals surface area contributed by atoms with E-state index in [1.807, 2.05) is 17.0 Å². The van der Waals surface area contributed by atoms with Crippen LogP contribution in [0.2, 0.25) is 0 Å². The van der Waals surface area contributed by atoms with Crippen LogP contribution in [0.25, 0.3) is 10.8 Å². The topological polar surface area (TPSA) is 89.9 Å². The van der Waals surface area contributed by atoms with E-state index in [4.69, 9.17) is 9.47 Å². The number of fused-ring (bicyclic) bond motifs is 2. The number of carbonyl (C=O) groups excluding carboxylic acids is 2. The number of anilines is 1. The molecule has 1 fully saturated rings. The van der Waals surface area contributed by atoms with Crippen molar-refractivity contribution in [2.45, 2.75) is 32.2 Å². The van der Waals surface area contributed by atoms with Gasteiger partial charge in [-0.1, -0.05) is 12.1 Å². The third-order valence-electron chi connectivity index (χ3n) is 6.09. The Balaban J connectivity index is 1.27. The average Bonchev–Trinajstić information content (AvgIpc) is 3.44. The zero-order valence-corrected chi connectivity index (χ0v) is 18.2. The summed E-state index contributed by atoms with van der Waals surface area (Å²) < 4.78 is 12.3. The van der Waals surface area contributed by atoms with Crippen LogP contribution in [0.15, 0.2) is 53.5 Å². The molecule has 5 rings (SSSR count). The van der Waals surface area contributed by atoms with Crippen molar-refractivity contribution in [2.75, 3.05) is 25.2 Å². The molecule has 1 saturated heterocycles. The van der Waals surface area contributed by atoms with Gasteiger partial charge in [0.05, 0.1) is 6.42 Å². The first-order valence-corrected chi connectivity index (χ1v) is 11.2. The van der Waals surface area contributed by atoms with Crippen LogP contribution in [-0.4, -0.2) is 41.2 Å². The minimum Gasteiger partial charge on any atom is -0.454 e. The monoisotopic (exact) mass is 447 g/mol. The third kappa shape index (κ3) is 4.41. The molecule has 1 N–H and O–H groups in total. The van der Waals surface area contributed by atoms with Crippen molar-refractivity contribution in [3.05, 3.63) is 64.6 Å². The van der Waals surface area contributed by atoms with Crippen LogP contribution in [0.1, 0.15) is 24.8 Å². The first-order chi connectivity index (χ1) is 16.1. The summed E-state index contributed by atoms with van der Waals surface area (Å²) in [6.07, 6.45) is 4.20. The Morgan fingerprint density at radius 2 is 1.88 bits per heavy atom. The zero-order chi connectivity index (χ0) is 22.8. The Morgan fingerprint density at radius 3 is 2.73 bits per heavy atom. The number of aryl methyl sites for hydroxylation is 1. The molecule has 0 unspecified atom stereocenters. The molecule has 8 nitrogen and oxygen atoms in total. The molecule has 33 heavy (non-hydrogen) atoms. The molecule has 0 saturated carbocycles. The number of nitrogens with one attached hydrogen (secondary N) is 1. The molecule has 0 atom stereocenters. The maximum atomic E-state index is 13.0. The summed E-state index contributed by atoms with van der Waals surface area (Å²) in [4.78, 5) is 39.3. The summed E-state index contributed by atoms with van der Waals surface area (Å²) in [6, 6.07) is 12.6. The third-order valence-corrected chi connectivity index (χ3v) is 6.09. The fraction of sp³-hybridized carbons (Fsp3) is 0.320. The minimum atomic E-state index is -0.180. The van der Waals surface area contributed by atoms with Crippen molar-refractivity contribution < 1.29 is 19.1 Å². The van der Waals surface area contributed by atoms with Crippen LogP contribution in [-0.2, 0) is 22.6 Å². The lowest BCUT2D eigenvalue weighted by Crippen LogP contribution is -2.28. The zero-order valence-electron chi connectivity index (χ0n) is 18.2. The number of carbonyl (C=O) groups is 2. The standard InChI is InChI=1S/C25H25N3O5/c29-23(15-17-7-8-21-22(14-17)33-16-32-21)26-20-5-1-4-19-18(20)9-13-28(25(19)31)12-3-11-27-10-2-6-24(27)30/h1,4-5,7-9,13-14H,2-3,6,10-12,15-16H2,(H,26,29). The summed E-state index contributed by atoms with van der Waals surface area (Å²) in [6.45, 7) is 2.20. The highest BCUT2D eigenvalue weighted by molar-refractivity contribution is 6.02. The van der Waals surface area contributed by atoms with E-state index in [1.54, 1.807) is 41.1 Å². The lowest BCUT2D eigenvalue weighted by Gasteiger charge is -2.16. The van der Waals surface area contributed by atoms with Gasteiger partial charge in [-0.05, 0) is 48.7 Å². The number of hydrogen-bond acceptors (Lipinski definition) is 5. The van der Waals surface area contributed by atoms with E-state index in [-0.39, 0.29) is 30.6 Å². The number of likely N-dealkylation sites (tertiary alicyclic amines) is 1. The number of ether oxygens (including phenoxy) is 2. The van der Waals surface area contributed by atoms with Gasteiger partial charge in [-0.15, -0.1) is 0 Å². The second-order valence-corrected chi connectivity index (χ2v) is 8.33. The largest absolute Gasteiger partial charge is 0.454 e. The highest BCUT2D eigenvalue weighted by atomic mass is 16.7. The summed E-state index contributed by atoms with van der Waals surface area (Å²) in [5.74, 6) is 1.33. The van der Waals surface area contributed by atoms with Gasteiger partial charge in [-0.25, -0.2) is 0 Å². The number of aromatic nitrogens is 1. The smallest absolute Gasteiger partial charge is 0.258 e. The van der Waals surface area contributed by atoms with Crippen molar-refractivity contribution in [1.82, 2.24) is 9.47 Å². The maximum Gasteiger partial charge on any atom is 0.258 e. The summed E-state index contributed by atoms with van der Waals surface area (Å²) in [5, 5.41) is 4.18. The minimum absolute atomic E-state index is 0.105. The van der Waals surface area contributed by atoms with Gasteiger partial charge in [0, 0.05) is 48.7 Å². The molecule has 3 aromatic rings. The predicted molar refractivity (Wildman–Crippen MR) is 124 cm³/mol. The summed E-state index contributed by atoms with van der Waals surface area (Å²) in [7, 11) is 0. The lowest BCUT2D eigenvalue weighted by atomic mass is 10.1. The number of amides is 2. The van der Waals surface area contributed by atoms with Crippen molar-refractivity contribution in [1.29, 1.82) is 0 Å². The normalized spacial score (nSPS) is 14.8. The molecule has 8 heteroatoms. The van der Waals surface area contributed by atoms with E-state index in [0.717, 1.165) is 24.9 Å². The number of nitrogens with zero attached hydrogens (tertiary/aromatic N) is 2. The molecular weight excluding hydrogens is 422 g/mol. The molecule has 1 aromatic heterocycles. The number of hydrogen-bond donors (Lipinski definition) is 1. The van der Waals surface area contributed by atoms with Crippen molar-refractivity contribution >= 4 is 28.3 Å². The Kier molecular flexibility index (Phi) is 5.73. The fourth-order valence-corrected chi connectivity index (χ4v) is 4.41. The van der Waals surface area contributed by atoms with Gasteiger partial charge >= 0.3 is 0 Å². The maximum absolute atomic E-state index is 13.0. The van der Waals surface area contributed by atoms with Crippen LogP contribution in [0.4, 0.5) is 5.69 Å². The molecule has 0 aliphatic carbocycles. The second kappa shape index (κ2) is 8.97. The van der Waals surface area contributed by atoms with Gasteiger partial charge in [-0.3, -0.25) is 14.4 Å². The molecule has 2 aliphatic heterocycles. The van der Waals surface area contributed by atoms with Crippen LogP contribution in [0, 0.1) is 0 Å². The highest BCUT2D eigenvalue weighted by Gasteiger charge is 2.19. The van der Waals surface area contributed by atoms with Gasteiger partial charge in [0.1, 0.15) is 0 Å². The first kappa shape index (κ1) is 21.1. The predicted octanol–water partition coefficient (Wildman–Crippen LogP) is 2.92. The quantitative estimate of drug-likeness (QED) is 0.602. The molecule has 170 valence electrons. The van der Waals surface area contributed by atoms with E-state index < -0.39 is 0 Å². The van der Waals surface area contributed by atoms with Crippen LogP contribution in [0.5, 0.6) is 11.5 Å². The molecule has 0 radical (unpaired) electrons. The SMILES string of the molecule is O=C(Cc1ccc2c(c1)OCO2)Nc1cccc2c(=O)n(CCCN3CCCC3=O)ccc12. The van der Waals surface area contributed by atoms with Crippen LogP contribution >= 0.6 is 0 Å². The lowest BCUT2D eigenvalue weighted by molar-refractivity contribution is -0.127. The molecular formula is C25H25N3O5. The number of rotatable bonds is 7. The Bertz CT molecular complexity index is 1280. The van der Waals surface area contributed by atoms with E-state index in [2.05, 4.69) is 5.32 Å².